The van der Waals surface area contributed by atoms with E-state index in [9.17, 15) is 70.8 Å². The van der Waals surface area contributed by atoms with Crippen molar-refractivity contribution in [2.24, 2.45) is 17.8 Å². The predicted molar refractivity (Wildman–Crippen MR) is 165 cm³/mol. The fourth-order valence-electron chi connectivity index (χ4n) is 6.20. The monoisotopic (exact) mass is 802 g/mol. The molecule has 0 spiro atoms. The van der Waals surface area contributed by atoms with Gasteiger partial charge in [0.25, 0.3) is 0 Å². The van der Waals surface area contributed by atoms with E-state index in [1.165, 1.54) is 0 Å². The lowest BCUT2D eigenvalue weighted by Gasteiger charge is -2.49. The second kappa shape index (κ2) is 18.2. The Hall–Kier alpha value is -4.58. The Bertz CT molecular complexity index is 1670. The van der Waals surface area contributed by atoms with Gasteiger partial charge in [0.2, 0.25) is 0 Å². The number of hydrogen-bond donors (Lipinski definition) is 4. The predicted octanol–water partition coefficient (Wildman–Crippen LogP) is 1.16. The van der Waals surface area contributed by atoms with Gasteiger partial charge >= 0.3 is 51.4 Å². The zero-order valence-electron chi connectivity index (χ0n) is 28.6. The first-order valence-electron chi connectivity index (χ1n) is 15.8. The molecule has 3 rings (SSSR count). The second-order valence-corrected chi connectivity index (χ2v) is 13.8. The topological polar surface area (TPSA) is 282 Å². The number of hydrogen-bond acceptors (Lipinski definition) is 16. The number of aliphatic hydroxyl groups excluding tert-OH is 1. The summed E-state index contributed by atoms with van der Waals surface area (Å²) in [6.45, 7) is 1.54. The van der Waals surface area contributed by atoms with Gasteiger partial charge in [-0.25, -0.2) is 0 Å². The summed E-state index contributed by atoms with van der Waals surface area (Å²) in [6.07, 6.45) is -14.9. The number of aliphatic carboxylic acids is 3. The van der Waals surface area contributed by atoms with Crippen molar-refractivity contribution < 1.29 is 103 Å². The molecule has 0 aliphatic carbocycles. The number of aliphatic hydroxyl groups is 1. The maximum absolute atomic E-state index is 13.1. The number of carbonyl (C=O) groups is 6. The molecule has 0 radical (unpaired) electrons. The number of halogens is 3. The summed E-state index contributed by atoms with van der Waals surface area (Å²) in [5, 5.41) is 41.0. The van der Waals surface area contributed by atoms with Crippen molar-refractivity contribution in [3.8, 4) is 5.75 Å². The molecule has 2 fully saturated rings. The molecule has 2 aliphatic heterocycles. The van der Waals surface area contributed by atoms with Crippen molar-refractivity contribution in [2.75, 3.05) is 13.2 Å². The summed E-state index contributed by atoms with van der Waals surface area (Å²) in [4.78, 5) is 71.8. The Morgan fingerprint density at radius 1 is 0.759 bits per heavy atom. The van der Waals surface area contributed by atoms with E-state index >= 15 is 0 Å². The molecule has 2 heterocycles. The van der Waals surface area contributed by atoms with Crippen LogP contribution in [0.25, 0.3) is 0 Å². The molecular formula is C31H37F3O19S. The number of alkyl halides is 3. The first-order chi connectivity index (χ1) is 25.0. The second-order valence-electron chi connectivity index (χ2n) is 12.2. The Labute approximate surface area is 304 Å². The lowest BCUT2D eigenvalue weighted by molar-refractivity contribution is -0.325. The molecule has 2 aliphatic rings. The van der Waals surface area contributed by atoms with Crippen LogP contribution in [0.15, 0.2) is 24.3 Å². The highest BCUT2D eigenvalue weighted by atomic mass is 32.2. The zero-order chi connectivity index (χ0) is 40.7. The SMILES string of the molecule is CC(=O)OC[C@@H]1O[C@H](O[C@@H]2[C@@H](O)[C@@H](c3cccc(OS(=O)(=O)C(F)(F)F)c3)O[C@H](COC(C)=O)[C@@H]2OC(C)=O)[C@@H](CC(=O)O)[C@@H](CC(=O)O)[C@H]1CC(=O)O. The van der Waals surface area contributed by atoms with Crippen LogP contribution < -0.4 is 4.18 Å². The normalized spacial score (nSPS) is 28.6. The molecule has 19 nitrogen and oxygen atoms in total. The average Bonchev–Trinajstić information content (AvgIpc) is 3.02. The van der Waals surface area contributed by atoms with Crippen molar-refractivity contribution in [3.63, 3.8) is 0 Å². The third-order valence-electron chi connectivity index (χ3n) is 8.30. The van der Waals surface area contributed by atoms with E-state index in [2.05, 4.69) is 4.18 Å². The highest BCUT2D eigenvalue weighted by molar-refractivity contribution is 7.88. The van der Waals surface area contributed by atoms with E-state index in [4.69, 9.17) is 28.4 Å². The highest BCUT2D eigenvalue weighted by Crippen LogP contribution is 2.45. The summed E-state index contributed by atoms with van der Waals surface area (Å²) in [5.74, 6) is -12.3. The molecule has 0 bridgehead atoms. The highest BCUT2D eigenvalue weighted by Gasteiger charge is 2.54. The molecule has 302 valence electrons. The molecule has 54 heavy (non-hydrogen) atoms. The Morgan fingerprint density at radius 2 is 1.30 bits per heavy atom. The summed E-state index contributed by atoms with van der Waals surface area (Å²) >= 11 is 0. The standard InChI is InChI=1S/C31H37F3O19S/c1-13(35)47-11-21-19(9-24(40)41)18(8-23(38)39)20(10-25(42)43)30(51-21)52-29-26(44)27(50-22(12-48-14(2)36)28(29)49-15(3)37)16-5-4-6-17(7-16)53-54(45,46)31(32,33)34/h4-7,18-22,26-30,44H,8-12H2,1-3H3,(H,38,39)(H,40,41)(H,42,43)/t18-,19+,20-,21-,22+,26-,27+,28-,29+,30+/m0/s1. The number of benzene rings is 1. The number of carboxylic acid groups (broad SMARTS) is 3. The number of esters is 3. The average molecular weight is 803 g/mol. The van der Waals surface area contributed by atoms with Gasteiger partial charge in [-0.1, -0.05) is 12.1 Å². The van der Waals surface area contributed by atoms with Crippen LogP contribution in [0, 0.1) is 17.8 Å². The van der Waals surface area contributed by atoms with Crippen molar-refractivity contribution in [2.45, 2.75) is 88.5 Å². The van der Waals surface area contributed by atoms with Crippen LogP contribution >= 0.6 is 0 Å². The van der Waals surface area contributed by atoms with Gasteiger partial charge in [-0.2, -0.15) is 21.6 Å². The molecule has 1 aromatic carbocycles. The minimum absolute atomic E-state index is 0.260. The minimum Gasteiger partial charge on any atom is -0.481 e. The van der Waals surface area contributed by atoms with Gasteiger partial charge in [-0.3, -0.25) is 28.8 Å². The maximum Gasteiger partial charge on any atom is 0.534 e. The molecule has 0 saturated carbocycles. The fourth-order valence-corrected chi connectivity index (χ4v) is 6.65. The van der Waals surface area contributed by atoms with Gasteiger partial charge in [0.1, 0.15) is 43.4 Å². The van der Waals surface area contributed by atoms with E-state index in [-0.39, 0.29) is 5.56 Å². The Balaban J connectivity index is 2.18. The number of carboxylic acids is 3. The van der Waals surface area contributed by atoms with Gasteiger partial charge < -0.3 is 53.0 Å². The van der Waals surface area contributed by atoms with E-state index in [1.807, 2.05) is 0 Å². The summed E-state index contributed by atoms with van der Waals surface area (Å²) in [5.41, 5.74) is -6.08. The van der Waals surface area contributed by atoms with Gasteiger partial charge in [0, 0.05) is 39.0 Å². The molecule has 4 N–H and O–H groups in total. The fraction of sp³-hybridized carbons (Fsp3) is 0.613. The summed E-state index contributed by atoms with van der Waals surface area (Å²) < 4.78 is 100. The van der Waals surface area contributed by atoms with Crippen LogP contribution in [0.1, 0.15) is 51.7 Å². The summed E-state index contributed by atoms with van der Waals surface area (Å²) in [6, 6.07) is 3.78. The molecule has 0 amide bonds. The lowest BCUT2D eigenvalue weighted by atomic mass is 9.71. The molecule has 0 unspecified atom stereocenters. The van der Waals surface area contributed by atoms with Crippen molar-refractivity contribution in [1.82, 2.24) is 0 Å². The van der Waals surface area contributed by atoms with Crippen LogP contribution in [0.5, 0.6) is 5.75 Å². The number of ether oxygens (including phenoxy) is 6. The van der Waals surface area contributed by atoms with Crippen LogP contribution in [-0.4, -0.2) is 120 Å². The lowest BCUT2D eigenvalue weighted by Crippen LogP contribution is -2.61. The molecule has 0 aromatic heterocycles. The van der Waals surface area contributed by atoms with Gasteiger partial charge in [-0.15, -0.1) is 0 Å². The van der Waals surface area contributed by atoms with Crippen LogP contribution in [0.3, 0.4) is 0 Å². The molecular weight excluding hydrogens is 765 g/mol. The first kappa shape index (κ1) is 43.8. The van der Waals surface area contributed by atoms with Crippen molar-refractivity contribution in [1.29, 1.82) is 0 Å². The molecule has 2 saturated heterocycles. The van der Waals surface area contributed by atoms with Gasteiger partial charge in [0.15, 0.2) is 12.4 Å². The van der Waals surface area contributed by atoms with E-state index in [0.29, 0.717) is 0 Å². The van der Waals surface area contributed by atoms with E-state index in [1.54, 1.807) is 0 Å². The summed E-state index contributed by atoms with van der Waals surface area (Å²) in [7, 11) is -6.17. The molecule has 23 heteroatoms. The Kier molecular flexibility index (Phi) is 14.7. The quantitative estimate of drug-likeness (QED) is 0.0789. The Morgan fingerprint density at radius 3 is 1.81 bits per heavy atom. The van der Waals surface area contributed by atoms with Gasteiger partial charge in [-0.05, 0) is 23.6 Å². The van der Waals surface area contributed by atoms with Crippen molar-refractivity contribution >= 4 is 45.9 Å². The van der Waals surface area contributed by atoms with E-state index in [0.717, 1.165) is 45.0 Å². The third kappa shape index (κ3) is 11.7. The first-order valence-corrected chi connectivity index (χ1v) is 17.3. The largest absolute Gasteiger partial charge is 0.534 e. The molecule has 10 atom stereocenters. The van der Waals surface area contributed by atoms with E-state index < -0.39 is 150 Å². The minimum atomic E-state index is -6.17. The van der Waals surface area contributed by atoms with Crippen LogP contribution in [0.4, 0.5) is 13.2 Å². The maximum atomic E-state index is 13.1. The number of rotatable bonds is 16. The van der Waals surface area contributed by atoms with Crippen LogP contribution in [0.2, 0.25) is 0 Å². The smallest absolute Gasteiger partial charge is 0.481 e. The van der Waals surface area contributed by atoms with Gasteiger partial charge in [0.05, 0.1) is 18.9 Å². The third-order valence-corrected chi connectivity index (χ3v) is 9.28. The van der Waals surface area contributed by atoms with Crippen LogP contribution in [-0.2, 0) is 67.3 Å². The molecule has 1 aromatic rings. The number of carbonyl (C=O) groups excluding carboxylic acids is 3. The van der Waals surface area contributed by atoms with Crippen molar-refractivity contribution in [3.05, 3.63) is 29.8 Å². The zero-order valence-corrected chi connectivity index (χ0v) is 29.4.